The number of hydrogen-bond acceptors (Lipinski definition) is 3. The minimum atomic E-state index is -0.212. The number of phenols is 1. The maximum absolute atomic E-state index is 11.0. The third-order valence-electron chi connectivity index (χ3n) is 4.64. The van der Waals surface area contributed by atoms with Crippen molar-refractivity contribution in [2.75, 3.05) is 0 Å². The molecular weight excluding hydrogens is 415 g/mol. The molecule has 2 aromatic heterocycles. The van der Waals surface area contributed by atoms with Crippen molar-refractivity contribution in [2.45, 2.75) is 12.3 Å². The largest absolute Gasteiger partial charge is 0.505 e. The normalized spacial score (nSPS) is 12.2. The van der Waals surface area contributed by atoms with E-state index in [0.717, 1.165) is 22.2 Å². The monoisotopic (exact) mass is 428 g/mol. The van der Waals surface area contributed by atoms with Gasteiger partial charge in [0.1, 0.15) is 11.3 Å². The average Bonchev–Trinajstić information content (AvgIpc) is 2.68. The molecule has 1 atom stereocenters. The molecule has 2 heterocycles. The van der Waals surface area contributed by atoms with Crippen LogP contribution in [0.5, 0.6) is 5.75 Å². The van der Waals surface area contributed by atoms with E-state index in [1.54, 1.807) is 24.5 Å². The van der Waals surface area contributed by atoms with Crippen LogP contribution in [-0.2, 0) is 6.42 Å². The van der Waals surface area contributed by atoms with Crippen molar-refractivity contribution < 1.29 is 5.11 Å². The third kappa shape index (κ3) is 3.93. The zero-order chi connectivity index (χ0) is 19.7. The highest BCUT2D eigenvalue weighted by atomic mass is 35.5. The summed E-state index contributed by atoms with van der Waals surface area (Å²) in [6.07, 6.45) is 3.82. The quantitative estimate of drug-likeness (QED) is 0.394. The number of halogens is 3. The lowest BCUT2D eigenvalue weighted by atomic mass is 9.86. The molecule has 0 bridgehead atoms. The lowest BCUT2D eigenvalue weighted by Gasteiger charge is -2.20. The van der Waals surface area contributed by atoms with E-state index in [2.05, 4.69) is 9.97 Å². The summed E-state index contributed by atoms with van der Waals surface area (Å²) in [6, 6.07) is 16.7. The van der Waals surface area contributed by atoms with Crippen LogP contribution in [0.15, 0.2) is 67.0 Å². The molecule has 0 fully saturated rings. The molecule has 28 heavy (non-hydrogen) atoms. The molecule has 0 saturated carbocycles. The topological polar surface area (TPSA) is 46.0 Å². The molecular formula is C22H15Cl3N2O. The zero-order valence-electron chi connectivity index (χ0n) is 14.6. The Labute approximate surface area is 177 Å². The molecule has 0 aliphatic carbocycles. The van der Waals surface area contributed by atoms with E-state index in [1.165, 1.54) is 0 Å². The van der Waals surface area contributed by atoms with Crippen LogP contribution in [0, 0.1) is 0 Å². The number of rotatable bonds is 4. The number of aromatic hydroxyl groups is 1. The zero-order valence-corrected chi connectivity index (χ0v) is 16.9. The van der Waals surface area contributed by atoms with E-state index >= 15 is 0 Å². The number of nitrogens with zero attached hydrogens (tertiary/aromatic N) is 2. The molecule has 1 N–H and O–H groups in total. The van der Waals surface area contributed by atoms with Gasteiger partial charge in [0.25, 0.3) is 0 Å². The van der Waals surface area contributed by atoms with Crippen LogP contribution in [0.3, 0.4) is 0 Å². The summed E-state index contributed by atoms with van der Waals surface area (Å²) in [5, 5.41) is 13.5. The predicted molar refractivity (Wildman–Crippen MR) is 115 cm³/mol. The highest BCUT2D eigenvalue weighted by Crippen LogP contribution is 2.39. The summed E-state index contributed by atoms with van der Waals surface area (Å²) in [4.78, 5) is 8.75. The lowest BCUT2D eigenvalue weighted by Crippen LogP contribution is -2.07. The van der Waals surface area contributed by atoms with E-state index in [0.29, 0.717) is 27.0 Å². The molecule has 2 aromatic carbocycles. The van der Waals surface area contributed by atoms with Crippen molar-refractivity contribution in [3.8, 4) is 5.75 Å². The first-order valence-corrected chi connectivity index (χ1v) is 9.77. The molecule has 0 saturated heterocycles. The Morgan fingerprint density at radius 2 is 1.64 bits per heavy atom. The molecule has 1 unspecified atom stereocenters. The van der Waals surface area contributed by atoms with Gasteiger partial charge in [0.05, 0.1) is 5.02 Å². The SMILES string of the molecule is Oc1c(C(Cc2ccc(Cl)cn2)c2cc(Cl)cc(Cl)c2)ccc2cccnc12. The maximum atomic E-state index is 11.0. The summed E-state index contributed by atoms with van der Waals surface area (Å²) in [5.74, 6) is -0.0653. The van der Waals surface area contributed by atoms with Crippen molar-refractivity contribution in [3.63, 3.8) is 0 Å². The minimum Gasteiger partial charge on any atom is -0.505 e. The summed E-state index contributed by atoms with van der Waals surface area (Å²) < 4.78 is 0. The number of aromatic nitrogens is 2. The van der Waals surface area contributed by atoms with E-state index < -0.39 is 0 Å². The lowest BCUT2D eigenvalue weighted by molar-refractivity contribution is 0.469. The third-order valence-corrected chi connectivity index (χ3v) is 5.30. The number of benzene rings is 2. The Morgan fingerprint density at radius 3 is 2.36 bits per heavy atom. The Kier molecular flexibility index (Phi) is 5.40. The second-order valence-electron chi connectivity index (χ2n) is 6.51. The van der Waals surface area contributed by atoms with Crippen LogP contribution >= 0.6 is 34.8 Å². The molecule has 4 aromatic rings. The Bertz CT molecular complexity index is 1130. The Balaban J connectivity index is 1.87. The molecule has 6 heteroatoms. The number of fused-ring (bicyclic) bond motifs is 1. The number of phenolic OH excluding ortho intramolecular Hbond substituents is 1. The summed E-state index contributed by atoms with van der Waals surface area (Å²) in [7, 11) is 0. The van der Waals surface area contributed by atoms with Gasteiger partial charge in [-0.15, -0.1) is 0 Å². The van der Waals surface area contributed by atoms with Crippen LogP contribution in [-0.4, -0.2) is 15.1 Å². The second-order valence-corrected chi connectivity index (χ2v) is 7.82. The molecule has 0 radical (unpaired) electrons. The number of pyridine rings is 2. The fourth-order valence-electron chi connectivity index (χ4n) is 3.35. The summed E-state index contributed by atoms with van der Waals surface area (Å²) in [5.41, 5.74) is 3.02. The van der Waals surface area contributed by atoms with E-state index in [1.807, 2.05) is 42.5 Å². The van der Waals surface area contributed by atoms with E-state index in [-0.39, 0.29) is 11.7 Å². The van der Waals surface area contributed by atoms with Gasteiger partial charge in [-0.05, 0) is 42.0 Å². The highest BCUT2D eigenvalue weighted by molar-refractivity contribution is 6.34. The van der Waals surface area contributed by atoms with Crippen LogP contribution < -0.4 is 0 Å². The van der Waals surface area contributed by atoms with Crippen molar-refractivity contribution in [2.24, 2.45) is 0 Å². The highest BCUT2D eigenvalue weighted by Gasteiger charge is 2.22. The van der Waals surface area contributed by atoms with Crippen LogP contribution in [0.2, 0.25) is 15.1 Å². The van der Waals surface area contributed by atoms with Crippen LogP contribution in [0.1, 0.15) is 22.7 Å². The van der Waals surface area contributed by atoms with Gasteiger partial charge in [0, 0.05) is 51.4 Å². The van der Waals surface area contributed by atoms with E-state index in [4.69, 9.17) is 34.8 Å². The molecule has 0 aliphatic heterocycles. The molecule has 0 spiro atoms. The van der Waals surface area contributed by atoms with E-state index in [9.17, 15) is 5.11 Å². The van der Waals surface area contributed by atoms with Crippen molar-refractivity contribution >= 4 is 45.7 Å². The van der Waals surface area contributed by atoms with Gasteiger partial charge in [-0.1, -0.05) is 53.0 Å². The Morgan fingerprint density at radius 1 is 0.857 bits per heavy atom. The smallest absolute Gasteiger partial charge is 0.145 e. The average molecular weight is 430 g/mol. The van der Waals surface area contributed by atoms with Gasteiger partial charge in [0.15, 0.2) is 0 Å². The van der Waals surface area contributed by atoms with Gasteiger partial charge < -0.3 is 5.11 Å². The molecule has 0 amide bonds. The predicted octanol–water partition coefficient (Wildman–Crippen LogP) is 6.67. The van der Waals surface area contributed by atoms with Gasteiger partial charge in [-0.2, -0.15) is 0 Å². The standard InChI is InChI=1S/C22H15Cl3N2O/c23-15-4-5-18(27-12-15)11-20(14-8-16(24)10-17(25)9-14)19-6-3-13-2-1-7-26-21(13)22(19)28/h1-10,12,20,28H,11H2. The van der Waals surface area contributed by atoms with Crippen molar-refractivity contribution in [1.29, 1.82) is 0 Å². The van der Waals surface area contributed by atoms with Crippen molar-refractivity contribution in [1.82, 2.24) is 9.97 Å². The molecule has 3 nitrogen and oxygen atoms in total. The van der Waals surface area contributed by atoms with Crippen molar-refractivity contribution in [3.05, 3.63) is 98.9 Å². The minimum absolute atomic E-state index is 0.146. The van der Waals surface area contributed by atoms with Crippen LogP contribution in [0.4, 0.5) is 0 Å². The summed E-state index contributed by atoms with van der Waals surface area (Å²) in [6.45, 7) is 0. The molecule has 4 rings (SSSR count). The first kappa shape index (κ1) is 19.0. The van der Waals surface area contributed by atoms with Crippen LogP contribution in [0.25, 0.3) is 10.9 Å². The first-order chi connectivity index (χ1) is 13.5. The maximum Gasteiger partial charge on any atom is 0.145 e. The Hall–Kier alpha value is -2.33. The molecule has 140 valence electrons. The second kappa shape index (κ2) is 7.96. The van der Waals surface area contributed by atoms with Gasteiger partial charge >= 0.3 is 0 Å². The number of hydrogen-bond donors (Lipinski definition) is 1. The molecule has 0 aliphatic rings. The van der Waals surface area contributed by atoms with Gasteiger partial charge in [-0.3, -0.25) is 9.97 Å². The summed E-state index contributed by atoms with van der Waals surface area (Å²) >= 11 is 18.5. The fourth-order valence-corrected chi connectivity index (χ4v) is 4.00. The van der Waals surface area contributed by atoms with Gasteiger partial charge in [-0.25, -0.2) is 0 Å². The fraction of sp³-hybridized carbons (Fsp3) is 0.0909. The first-order valence-electron chi connectivity index (χ1n) is 8.64. The van der Waals surface area contributed by atoms with Gasteiger partial charge in [0.2, 0.25) is 0 Å².